The average Bonchev–Trinajstić information content (AvgIpc) is 2.48. The van der Waals surface area contributed by atoms with Crippen molar-refractivity contribution in [1.82, 2.24) is 14.9 Å². The molecular formula is C8H14N4O2S. The molecule has 1 heterocycles. The molecule has 1 aromatic heterocycles. The predicted molar refractivity (Wildman–Crippen MR) is 54.6 cm³/mol. The zero-order valence-corrected chi connectivity index (χ0v) is 9.21. The highest BCUT2D eigenvalue weighted by Crippen LogP contribution is 2.20. The van der Waals surface area contributed by atoms with Gasteiger partial charge in [0.15, 0.2) is 0 Å². The first kappa shape index (κ1) is 10.6. The number of hydrogen-bond acceptors (Lipinski definition) is 4. The normalized spacial score (nSPS) is 26.3. The first-order chi connectivity index (χ1) is 6.99. The van der Waals surface area contributed by atoms with Gasteiger partial charge in [0.1, 0.15) is 4.90 Å². The fraction of sp³-hybridized carbons (Fsp3) is 0.625. The summed E-state index contributed by atoms with van der Waals surface area (Å²) in [5, 5.41) is 6.28. The monoisotopic (exact) mass is 230 g/mol. The highest BCUT2D eigenvalue weighted by molar-refractivity contribution is 7.89. The predicted octanol–water partition coefficient (Wildman–Crippen LogP) is -0.514. The molecule has 1 aromatic rings. The fourth-order valence-corrected chi connectivity index (χ4v) is 3.05. The van der Waals surface area contributed by atoms with Crippen molar-refractivity contribution in [3.05, 3.63) is 11.9 Å². The summed E-state index contributed by atoms with van der Waals surface area (Å²) in [6.45, 7) is 1.67. The molecule has 0 atom stereocenters. The van der Waals surface area contributed by atoms with Crippen LogP contribution in [0.4, 0.5) is 0 Å². The van der Waals surface area contributed by atoms with Crippen LogP contribution in [-0.4, -0.2) is 30.7 Å². The summed E-state index contributed by atoms with van der Waals surface area (Å²) in [5.41, 5.74) is 6.13. The van der Waals surface area contributed by atoms with E-state index in [0.717, 1.165) is 0 Å². The molecule has 0 radical (unpaired) electrons. The minimum absolute atomic E-state index is 0.0284. The Balaban J connectivity index is 2.11. The summed E-state index contributed by atoms with van der Waals surface area (Å²) < 4.78 is 26.2. The summed E-state index contributed by atoms with van der Waals surface area (Å²) in [7, 11) is -3.43. The number of aromatic nitrogens is 2. The number of nitrogens with zero attached hydrogens (tertiary/aromatic N) is 1. The van der Waals surface area contributed by atoms with E-state index in [2.05, 4.69) is 14.9 Å². The Morgan fingerprint density at radius 3 is 2.73 bits per heavy atom. The molecule has 0 aromatic carbocycles. The zero-order valence-electron chi connectivity index (χ0n) is 8.40. The van der Waals surface area contributed by atoms with Crippen molar-refractivity contribution in [2.75, 3.05) is 0 Å². The molecule has 6 nitrogen and oxygen atoms in total. The van der Waals surface area contributed by atoms with Crippen molar-refractivity contribution in [1.29, 1.82) is 0 Å². The first-order valence-electron chi connectivity index (χ1n) is 4.77. The third-order valence-corrected chi connectivity index (χ3v) is 4.20. The van der Waals surface area contributed by atoms with Crippen LogP contribution in [0.5, 0.6) is 0 Å². The SMILES string of the molecule is Cc1[nH]ncc1S(=O)(=O)NC1CC(N)C1. The van der Waals surface area contributed by atoms with Gasteiger partial charge in [0.2, 0.25) is 10.0 Å². The number of rotatable bonds is 3. The number of nitrogens with one attached hydrogen (secondary N) is 2. The molecule has 2 rings (SSSR count). The number of aryl methyl sites for hydroxylation is 1. The van der Waals surface area contributed by atoms with E-state index >= 15 is 0 Å². The molecule has 0 unspecified atom stereocenters. The van der Waals surface area contributed by atoms with Gasteiger partial charge in [-0.05, 0) is 19.8 Å². The van der Waals surface area contributed by atoms with Gasteiger partial charge in [-0.1, -0.05) is 0 Å². The maximum absolute atomic E-state index is 11.8. The Morgan fingerprint density at radius 1 is 1.60 bits per heavy atom. The van der Waals surface area contributed by atoms with E-state index in [0.29, 0.717) is 18.5 Å². The Morgan fingerprint density at radius 2 is 2.27 bits per heavy atom. The Kier molecular flexibility index (Phi) is 2.53. The molecule has 1 saturated carbocycles. The van der Waals surface area contributed by atoms with Gasteiger partial charge in [-0.2, -0.15) is 5.10 Å². The maximum Gasteiger partial charge on any atom is 0.244 e. The summed E-state index contributed by atoms with van der Waals surface area (Å²) >= 11 is 0. The van der Waals surface area contributed by atoms with Gasteiger partial charge < -0.3 is 5.73 Å². The van der Waals surface area contributed by atoms with Gasteiger partial charge in [-0.25, -0.2) is 13.1 Å². The van der Waals surface area contributed by atoms with E-state index in [4.69, 9.17) is 5.73 Å². The minimum atomic E-state index is -3.43. The van der Waals surface area contributed by atoms with E-state index in [-0.39, 0.29) is 17.0 Å². The van der Waals surface area contributed by atoms with Gasteiger partial charge in [0, 0.05) is 12.1 Å². The zero-order chi connectivity index (χ0) is 11.1. The molecule has 7 heteroatoms. The van der Waals surface area contributed by atoms with Crippen molar-refractivity contribution in [3.63, 3.8) is 0 Å². The van der Waals surface area contributed by atoms with Crippen LogP contribution in [0, 0.1) is 6.92 Å². The molecule has 1 aliphatic carbocycles. The molecule has 0 spiro atoms. The summed E-state index contributed by atoms with van der Waals surface area (Å²) in [6.07, 6.45) is 2.72. The van der Waals surface area contributed by atoms with Crippen molar-refractivity contribution < 1.29 is 8.42 Å². The fourth-order valence-electron chi connectivity index (χ4n) is 1.65. The third kappa shape index (κ3) is 2.04. The van der Waals surface area contributed by atoms with Crippen LogP contribution in [0.3, 0.4) is 0 Å². The van der Waals surface area contributed by atoms with Gasteiger partial charge >= 0.3 is 0 Å². The van der Waals surface area contributed by atoms with Crippen molar-refractivity contribution in [2.45, 2.75) is 36.7 Å². The lowest BCUT2D eigenvalue weighted by Crippen LogP contribution is -2.50. The molecule has 4 N–H and O–H groups in total. The van der Waals surface area contributed by atoms with E-state index in [9.17, 15) is 8.42 Å². The molecule has 1 fully saturated rings. The Hall–Kier alpha value is -0.920. The second-order valence-electron chi connectivity index (χ2n) is 3.91. The molecule has 0 amide bonds. The van der Waals surface area contributed by atoms with Gasteiger partial charge in [-0.3, -0.25) is 5.10 Å². The molecule has 1 aliphatic rings. The molecule has 15 heavy (non-hydrogen) atoms. The maximum atomic E-state index is 11.8. The lowest BCUT2D eigenvalue weighted by Gasteiger charge is -2.32. The topological polar surface area (TPSA) is 101 Å². The van der Waals surface area contributed by atoms with Crippen LogP contribution >= 0.6 is 0 Å². The summed E-state index contributed by atoms with van der Waals surface area (Å²) in [4.78, 5) is 0.211. The van der Waals surface area contributed by atoms with Gasteiger partial charge in [-0.15, -0.1) is 0 Å². The summed E-state index contributed by atoms with van der Waals surface area (Å²) in [6, 6.07) is 0.0995. The second-order valence-corrected chi connectivity index (χ2v) is 5.59. The highest BCUT2D eigenvalue weighted by atomic mass is 32.2. The number of aromatic amines is 1. The lowest BCUT2D eigenvalue weighted by atomic mass is 9.89. The van der Waals surface area contributed by atoms with Crippen LogP contribution in [0.2, 0.25) is 0 Å². The molecule has 0 saturated heterocycles. The van der Waals surface area contributed by atoms with Crippen LogP contribution in [0.1, 0.15) is 18.5 Å². The molecule has 0 bridgehead atoms. The number of sulfonamides is 1. The van der Waals surface area contributed by atoms with E-state index in [1.807, 2.05) is 0 Å². The quantitative estimate of drug-likeness (QED) is 0.650. The van der Waals surface area contributed by atoms with Crippen LogP contribution in [0.25, 0.3) is 0 Å². The number of hydrogen-bond donors (Lipinski definition) is 3. The number of H-pyrrole nitrogens is 1. The number of nitrogens with two attached hydrogens (primary N) is 1. The van der Waals surface area contributed by atoms with Gasteiger partial charge in [0.25, 0.3) is 0 Å². The van der Waals surface area contributed by atoms with Crippen molar-refractivity contribution in [3.8, 4) is 0 Å². The smallest absolute Gasteiger partial charge is 0.244 e. The lowest BCUT2D eigenvalue weighted by molar-refractivity contribution is 0.327. The minimum Gasteiger partial charge on any atom is -0.328 e. The van der Waals surface area contributed by atoms with E-state index < -0.39 is 10.0 Å². The van der Waals surface area contributed by atoms with Crippen LogP contribution < -0.4 is 10.5 Å². The third-order valence-electron chi connectivity index (χ3n) is 2.57. The van der Waals surface area contributed by atoms with Crippen LogP contribution in [-0.2, 0) is 10.0 Å². The standard InChI is InChI=1S/C8H14N4O2S/c1-5-8(4-10-11-5)15(13,14)12-7-2-6(9)3-7/h4,6-7,12H,2-3,9H2,1H3,(H,10,11). The molecule has 0 aliphatic heterocycles. The summed E-state index contributed by atoms with van der Waals surface area (Å²) in [5.74, 6) is 0. The first-order valence-corrected chi connectivity index (χ1v) is 6.25. The second kappa shape index (κ2) is 3.58. The average molecular weight is 230 g/mol. The highest BCUT2D eigenvalue weighted by Gasteiger charge is 2.31. The van der Waals surface area contributed by atoms with Crippen molar-refractivity contribution in [2.24, 2.45) is 5.73 Å². The largest absolute Gasteiger partial charge is 0.328 e. The van der Waals surface area contributed by atoms with Crippen LogP contribution in [0.15, 0.2) is 11.1 Å². The van der Waals surface area contributed by atoms with E-state index in [1.165, 1.54) is 6.20 Å². The molecular weight excluding hydrogens is 216 g/mol. The van der Waals surface area contributed by atoms with Crippen molar-refractivity contribution >= 4 is 10.0 Å². The van der Waals surface area contributed by atoms with E-state index in [1.54, 1.807) is 6.92 Å². The Labute approximate surface area is 88.3 Å². The van der Waals surface area contributed by atoms with Gasteiger partial charge in [0.05, 0.1) is 11.9 Å². The Bertz CT molecular complexity index is 447. The molecule has 84 valence electrons.